The van der Waals surface area contributed by atoms with Gasteiger partial charge in [0.1, 0.15) is 22.8 Å². The van der Waals surface area contributed by atoms with Gasteiger partial charge in [-0.05, 0) is 46.3 Å². The van der Waals surface area contributed by atoms with Crippen molar-refractivity contribution >= 4 is 37.8 Å². The van der Waals surface area contributed by atoms with Gasteiger partial charge in [-0.3, -0.25) is 0 Å². The summed E-state index contributed by atoms with van der Waals surface area (Å²) in [5.41, 5.74) is 0.639. The number of alkyl halides is 3. The number of nitrogens with zero attached hydrogens (tertiary/aromatic N) is 1. The maximum atomic E-state index is 13.0. The lowest BCUT2D eigenvalue weighted by Gasteiger charge is -2.11. The van der Waals surface area contributed by atoms with Crippen LogP contribution in [0.4, 0.5) is 13.2 Å². The second-order valence-corrected chi connectivity index (χ2v) is 6.47. The van der Waals surface area contributed by atoms with Crippen molar-refractivity contribution in [1.82, 2.24) is 4.98 Å². The molecule has 0 spiro atoms. The minimum Gasteiger partial charge on any atom is -0.496 e. The van der Waals surface area contributed by atoms with Crippen LogP contribution in [0.15, 0.2) is 57.4 Å². The number of hydrogen-bond donors (Lipinski definition) is 0. The van der Waals surface area contributed by atoms with Gasteiger partial charge in [0.05, 0.1) is 17.1 Å². The molecule has 2 heterocycles. The molecule has 2 aromatic heterocycles. The standard InChI is InChI=1S/C19H11BrF3NO2/c1-25-15-9-16(19(21,22)23)24-13-7-6-10(8-12(13)15)18-17(20)11-4-2-3-5-14(11)26-18/h2-9H,1H3. The quantitative estimate of drug-likeness (QED) is 0.373. The molecule has 0 radical (unpaired) electrons. The van der Waals surface area contributed by atoms with Crippen LogP contribution in [0, 0.1) is 0 Å². The van der Waals surface area contributed by atoms with Gasteiger partial charge in [0, 0.05) is 22.4 Å². The molecule has 0 N–H and O–H groups in total. The summed E-state index contributed by atoms with van der Waals surface area (Å²) in [6.45, 7) is 0. The van der Waals surface area contributed by atoms with E-state index in [4.69, 9.17) is 9.15 Å². The lowest BCUT2D eigenvalue weighted by Crippen LogP contribution is -2.08. The molecule has 0 aliphatic heterocycles. The Morgan fingerprint density at radius 2 is 1.81 bits per heavy atom. The number of pyridine rings is 1. The number of ether oxygens (including phenoxy) is 1. The van der Waals surface area contributed by atoms with Crippen LogP contribution in [-0.2, 0) is 6.18 Å². The predicted molar refractivity (Wildman–Crippen MR) is 96.2 cm³/mol. The molecule has 0 saturated carbocycles. The zero-order valence-electron chi connectivity index (χ0n) is 13.4. The summed E-state index contributed by atoms with van der Waals surface area (Å²) in [4.78, 5) is 3.71. The number of aromatic nitrogens is 1. The number of benzene rings is 2. The van der Waals surface area contributed by atoms with Gasteiger partial charge in [-0.2, -0.15) is 13.2 Å². The second kappa shape index (κ2) is 6.02. The number of fused-ring (bicyclic) bond motifs is 2. The summed E-state index contributed by atoms with van der Waals surface area (Å²) in [7, 11) is 1.33. The monoisotopic (exact) mass is 421 g/mol. The van der Waals surface area contributed by atoms with E-state index in [1.54, 1.807) is 12.1 Å². The molecule has 0 amide bonds. The Hall–Kier alpha value is -2.54. The fraction of sp³-hybridized carbons (Fsp3) is 0.105. The van der Waals surface area contributed by atoms with Crippen molar-refractivity contribution in [2.24, 2.45) is 0 Å². The van der Waals surface area contributed by atoms with Gasteiger partial charge in [0.25, 0.3) is 0 Å². The molecule has 0 unspecified atom stereocenters. The van der Waals surface area contributed by atoms with Crippen molar-refractivity contribution in [2.45, 2.75) is 6.18 Å². The Labute approximate surface area is 154 Å². The van der Waals surface area contributed by atoms with E-state index in [1.807, 2.05) is 24.3 Å². The van der Waals surface area contributed by atoms with E-state index in [0.717, 1.165) is 15.9 Å². The highest BCUT2D eigenvalue weighted by Gasteiger charge is 2.33. The smallest absolute Gasteiger partial charge is 0.433 e. The van der Waals surface area contributed by atoms with Gasteiger partial charge >= 0.3 is 6.18 Å². The van der Waals surface area contributed by atoms with Crippen LogP contribution in [0.2, 0.25) is 0 Å². The van der Waals surface area contributed by atoms with E-state index < -0.39 is 11.9 Å². The second-order valence-electron chi connectivity index (χ2n) is 5.68. The largest absolute Gasteiger partial charge is 0.496 e. The first-order valence-electron chi connectivity index (χ1n) is 7.62. The summed E-state index contributed by atoms with van der Waals surface area (Å²) >= 11 is 3.54. The first-order valence-corrected chi connectivity index (χ1v) is 8.41. The van der Waals surface area contributed by atoms with Gasteiger partial charge in [0.2, 0.25) is 0 Å². The zero-order valence-corrected chi connectivity index (χ0v) is 15.0. The van der Waals surface area contributed by atoms with Gasteiger partial charge in [-0.1, -0.05) is 12.1 Å². The predicted octanol–water partition coefficient (Wildman–Crippen LogP) is 6.44. The number of furan rings is 1. The third-order valence-electron chi connectivity index (χ3n) is 4.08. The van der Waals surface area contributed by atoms with Crippen LogP contribution >= 0.6 is 15.9 Å². The zero-order chi connectivity index (χ0) is 18.5. The molecule has 0 aliphatic rings. The van der Waals surface area contributed by atoms with Crippen LogP contribution < -0.4 is 4.74 Å². The van der Waals surface area contributed by atoms with Gasteiger partial charge < -0.3 is 9.15 Å². The minimum atomic E-state index is -4.54. The van der Waals surface area contributed by atoms with Crippen LogP contribution in [0.5, 0.6) is 5.75 Å². The van der Waals surface area contributed by atoms with Crippen molar-refractivity contribution < 1.29 is 22.3 Å². The molecule has 26 heavy (non-hydrogen) atoms. The van der Waals surface area contributed by atoms with Gasteiger partial charge in [-0.25, -0.2) is 4.98 Å². The van der Waals surface area contributed by atoms with Crippen LogP contribution in [0.25, 0.3) is 33.2 Å². The van der Waals surface area contributed by atoms with Crippen molar-refractivity contribution in [2.75, 3.05) is 7.11 Å². The van der Waals surface area contributed by atoms with Gasteiger partial charge in [0.15, 0.2) is 0 Å². The summed E-state index contributed by atoms with van der Waals surface area (Å²) in [6.07, 6.45) is -4.54. The Balaban J connectivity index is 1.93. The molecule has 0 fully saturated rings. The number of halogens is 4. The third-order valence-corrected chi connectivity index (χ3v) is 4.87. The molecular formula is C19H11BrF3NO2. The molecule has 0 atom stereocenters. The summed E-state index contributed by atoms with van der Waals surface area (Å²) in [6, 6.07) is 13.4. The molecular weight excluding hydrogens is 411 g/mol. The maximum absolute atomic E-state index is 13.0. The van der Waals surface area contributed by atoms with E-state index in [0.29, 0.717) is 22.3 Å². The van der Waals surface area contributed by atoms with Crippen LogP contribution in [0.3, 0.4) is 0 Å². The highest BCUT2D eigenvalue weighted by atomic mass is 79.9. The Bertz CT molecular complexity index is 1130. The molecule has 0 aliphatic carbocycles. The van der Waals surface area contributed by atoms with Crippen LogP contribution in [0.1, 0.15) is 5.69 Å². The first-order chi connectivity index (χ1) is 12.4. The van der Waals surface area contributed by atoms with E-state index in [9.17, 15) is 13.2 Å². The topological polar surface area (TPSA) is 35.3 Å². The minimum absolute atomic E-state index is 0.108. The normalized spacial score (nSPS) is 12.0. The average molecular weight is 422 g/mol. The number of methoxy groups -OCH3 is 1. The summed E-state index contributed by atoms with van der Waals surface area (Å²) < 4.78 is 50.9. The summed E-state index contributed by atoms with van der Waals surface area (Å²) in [5, 5.41) is 1.39. The number of rotatable bonds is 2. The fourth-order valence-electron chi connectivity index (χ4n) is 2.85. The molecule has 2 aromatic carbocycles. The van der Waals surface area contributed by atoms with Crippen molar-refractivity contribution in [3.63, 3.8) is 0 Å². The van der Waals surface area contributed by atoms with Crippen molar-refractivity contribution in [3.05, 3.63) is 58.7 Å². The Kier molecular flexibility index (Phi) is 3.91. The molecule has 0 bridgehead atoms. The molecule has 0 saturated heterocycles. The van der Waals surface area contributed by atoms with E-state index in [1.165, 1.54) is 13.2 Å². The van der Waals surface area contributed by atoms with E-state index in [2.05, 4.69) is 20.9 Å². The molecule has 7 heteroatoms. The Morgan fingerprint density at radius 1 is 1.04 bits per heavy atom. The molecule has 3 nitrogen and oxygen atoms in total. The lowest BCUT2D eigenvalue weighted by atomic mass is 10.1. The lowest BCUT2D eigenvalue weighted by molar-refractivity contribution is -0.141. The van der Waals surface area contributed by atoms with Crippen LogP contribution in [-0.4, -0.2) is 12.1 Å². The number of para-hydroxylation sites is 1. The number of hydrogen-bond acceptors (Lipinski definition) is 3. The van der Waals surface area contributed by atoms with Crippen molar-refractivity contribution in [1.29, 1.82) is 0 Å². The SMILES string of the molecule is COc1cc(C(F)(F)F)nc2ccc(-c3oc4ccccc4c3Br)cc12. The first kappa shape index (κ1) is 16.9. The molecule has 4 rings (SSSR count). The molecule has 132 valence electrons. The third kappa shape index (κ3) is 2.72. The summed E-state index contributed by atoms with van der Waals surface area (Å²) in [5.74, 6) is 0.700. The molecule has 4 aromatic rings. The highest BCUT2D eigenvalue weighted by Crippen LogP contribution is 2.40. The maximum Gasteiger partial charge on any atom is 0.433 e. The van der Waals surface area contributed by atoms with E-state index in [-0.39, 0.29) is 11.3 Å². The highest BCUT2D eigenvalue weighted by molar-refractivity contribution is 9.10. The fourth-order valence-corrected chi connectivity index (χ4v) is 3.49. The van der Waals surface area contributed by atoms with Crippen molar-refractivity contribution in [3.8, 4) is 17.1 Å². The van der Waals surface area contributed by atoms with E-state index >= 15 is 0 Å². The van der Waals surface area contributed by atoms with Gasteiger partial charge in [-0.15, -0.1) is 0 Å². The Morgan fingerprint density at radius 3 is 2.50 bits per heavy atom. The average Bonchev–Trinajstić information content (AvgIpc) is 2.96.